The molecule has 0 radical (unpaired) electrons. The average Bonchev–Trinajstić information content (AvgIpc) is 3.62. The second kappa shape index (κ2) is 10.2. The number of phenols is 1. The van der Waals surface area contributed by atoms with Crippen LogP contribution in [0.3, 0.4) is 0 Å². The molecule has 0 unspecified atom stereocenters. The first-order valence-electron chi connectivity index (χ1n) is 15.4. The Morgan fingerprint density at radius 1 is 0.543 bits per heavy atom. The minimum atomic E-state index is 0.231. The minimum Gasteiger partial charge on any atom is -0.507 e. The van der Waals surface area contributed by atoms with Gasteiger partial charge in [-0.3, -0.25) is 4.57 Å². The van der Waals surface area contributed by atoms with Crippen LogP contribution in [-0.2, 0) is 0 Å². The number of aromatic hydroxyl groups is 1. The number of para-hydroxylation sites is 2. The number of hydrogen-bond donors (Lipinski definition) is 1. The zero-order valence-corrected chi connectivity index (χ0v) is 25.1. The van der Waals surface area contributed by atoms with Gasteiger partial charge in [-0.25, -0.2) is 9.97 Å². The Labute approximate surface area is 265 Å². The van der Waals surface area contributed by atoms with E-state index < -0.39 is 0 Å². The Balaban J connectivity index is 1.28. The summed E-state index contributed by atoms with van der Waals surface area (Å²) in [4.78, 5) is 9.90. The van der Waals surface area contributed by atoms with Crippen molar-refractivity contribution in [3.05, 3.63) is 151 Å². The largest absolute Gasteiger partial charge is 0.507 e. The van der Waals surface area contributed by atoms with E-state index in [1.54, 1.807) is 6.07 Å². The van der Waals surface area contributed by atoms with E-state index in [1.807, 2.05) is 49.5 Å². The predicted molar refractivity (Wildman–Crippen MR) is 188 cm³/mol. The molecular formula is C41H28N4O. The van der Waals surface area contributed by atoms with Gasteiger partial charge in [-0.1, -0.05) is 60.7 Å². The molecule has 5 heteroatoms. The molecule has 0 saturated heterocycles. The molecule has 0 aliphatic rings. The lowest BCUT2D eigenvalue weighted by molar-refractivity contribution is 0.476. The normalized spacial score (nSPS) is 11.7. The van der Waals surface area contributed by atoms with E-state index in [0.717, 1.165) is 56.0 Å². The number of nitrogens with zero attached hydrogens (tertiary/aromatic N) is 4. The summed E-state index contributed by atoms with van der Waals surface area (Å²) in [5, 5.41) is 15.4. The molecule has 9 rings (SSSR count). The van der Waals surface area contributed by atoms with Crippen molar-refractivity contribution in [3.63, 3.8) is 0 Å². The van der Waals surface area contributed by atoms with Gasteiger partial charge in [0.05, 0.1) is 27.9 Å². The minimum absolute atomic E-state index is 0.231. The number of aryl methyl sites for hydroxylation is 1. The quantitative estimate of drug-likeness (QED) is 0.221. The Kier molecular flexibility index (Phi) is 5.80. The van der Waals surface area contributed by atoms with Gasteiger partial charge in [0.15, 0.2) is 0 Å². The maximum Gasteiger partial charge on any atom is 0.145 e. The molecule has 0 saturated carbocycles. The molecular weight excluding hydrogens is 564 g/mol. The zero-order chi connectivity index (χ0) is 30.8. The molecule has 0 spiro atoms. The Bertz CT molecular complexity index is 2610. The molecule has 9 aromatic rings. The van der Waals surface area contributed by atoms with Crippen LogP contribution in [-0.4, -0.2) is 24.2 Å². The molecule has 46 heavy (non-hydrogen) atoms. The number of fused-ring (bicyclic) bond motifs is 7. The van der Waals surface area contributed by atoms with Crippen molar-refractivity contribution in [3.8, 4) is 39.6 Å². The highest BCUT2D eigenvalue weighted by atomic mass is 16.3. The molecule has 4 heterocycles. The van der Waals surface area contributed by atoms with Crippen molar-refractivity contribution in [2.45, 2.75) is 6.92 Å². The van der Waals surface area contributed by atoms with Crippen LogP contribution < -0.4 is 0 Å². The SMILES string of the molecule is Cc1ccc(-c2cccc(-c3cccc(-n4c5ccc6c(c7ccccc7n6-c6ccccc6)c5c5cccnc54)c3)n2)c(O)c1. The summed E-state index contributed by atoms with van der Waals surface area (Å²) in [7, 11) is 0. The number of phenolic OH excluding ortho intramolecular Hbond substituents is 1. The third kappa shape index (κ3) is 3.95. The van der Waals surface area contributed by atoms with Crippen molar-refractivity contribution in [2.75, 3.05) is 0 Å². The Morgan fingerprint density at radius 3 is 2.13 bits per heavy atom. The molecule has 0 bridgehead atoms. The van der Waals surface area contributed by atoms with Crippen LogP contribution in [0, 0.1) is 6.92 Å². The van der Waals surface area contributed by atoms with Gasteiger partial charge in [-0.2, -0.15) is 0 Å². The first-order valence-corrected chi connectivity index (χ1v) is 15.4. The maximum atomic E-state index is 10.6. The number of hydrogen-bond acceptors (Lipinski definition) is 3. The lowest BCUT2D eigenvalue weighted by Crippen LogP contribution is -1.97. The summed E-state index contributed by atoms with van der Waals surface area (Å²) in [6.07, 6.45) is 1.87. The highest BCUT2D eigenvalue weighted by Crippen LogP contribution is 2.42. The van der Waals surface area contributed by atoms with Gasteiger partial charge < -0.3 is 9.67 Å². The second-order valence-electron chi connectivity index (χ2n) is 11.7. The topological polar surface area (TPSA) is 55.9 Å². The third-order valence-electron chi connectivity index (χ3n) is 8.92. The standard InChI is InChI=1S/C41H28N4O/c1-26-19-20-30(38(46)24-26)34-17-8-16-33(43-34)27-10-7-13-29(25-27)45-37-22-21-36-39(40(37)32-15-9-23-42-41(32)45)31-14-5-6-18-35(31)44(36)28-11-3-2-4-12-28/h2-25,46H,1H3. The van der Waals surface area contributed by atoms with Crippen molar-refractivity contribution >= 4 is 43.7 Å². The first-order chi connectivity index (χ1) is 22.7. The molecule has 0 fully saturated rings. The lowest BCUT2D eigenvalue weighted by Gasteiger charge is -2.11. The van der Waals surface area contributed by atoms with Crippen LogP contribution >= 0.6 is 0 Å². The predicted octanol–water partition coefficient (Wildman–Crippen LogP) is 10.0. The fourth-order valence-electron chi connectivity index (χ4n) is 6.92. The first kappa shape index (κ1) is 26.2. The summed E-state index contributed by atoms with van der Waals surface area (Å²) in [5.74, 6) is 0.231. The van der Waals surface area contributed by atoms with E-state index in [4.69, 9.17) is 9.97 Å². The monoisotopic (exact) mass is 592 g/mol. The van der Waals surface area contributed by atoms with Crippen molar-refractivity contribution in [1.29, 1.82) is 0 Å². The van der Waals surface area contributed by atoms with Crippen LogP contribution in [0.5, 0.6) is 5.75 Å². The summed E-state index contributed by atoms with van der Waals surface area (Å²) in [6, 6.07) is 48.0. The van der Waals surface area contributed by atoms with Gasteiger partial charge in [-0.05, 0) is 91.3 Å². The van der Waals surface area contributed by atoms with Crippen molar-refractivity contribution in [2.24, 2.45) is 0 Å². The molecule has 5 nitrogen and oxygen atoms in total. The maximum absolute atomic E-state index is 10.6. The van der Waals surface area contributed by atoms with Gasteiger partial charge >= 0.3 is 0 Å². The van der Waals surface area contributed by atoms with E-state index in [-0.39, 0.29) is 5.75 Å². The molecule has 1 N–H and O–H groups in total. The highest BCUT2D eigenvalue weighted by molar-refractivity contribution is 6.28. The van der Waals surface area contributed by atoms with Crippen molar-refractivity contribution < 1.29 is 5.11 Å². The summed E-state index contributed by atoms with van der Waals surface area (Å²) >= 11 is 0. The van der Waals surface area contributed by atoms with Crippen LogP contribution in [0.2, 0.25) is 0 Å². The molecule has 4 aromatic heterocycles. The molecule has 0 aliphatic heterocycles. The fourth-order valence-corrected chi connectivity index (χ4v) is 6.92. The van der Waals surface area contributed by atoms with Crippen molar-refractivity contribution in [1.82, 2.24) is 19.1 Å². The highest BCUT2D eigenvalue weighted by Gasteiger charge is 2.21. The molecule has 218 valence electrons. The summed E-state index contributed by atoms with van der Waals surface area (Å²) in [5.41, 5.74) is 10.8. The Morgan fingerprint density at radius 2 is 1.26 bits per heavy atom. The van der Waals surface area contributed by atoms with E-state index in [1.165, 1.54) is 21.7 Å². The van der Waals surface area contributed by atoms with Crippen LogP contribution in [0.25, 0.3) is 77.6 Å². The fraction of sp³-hybridized carbons (Fsp3) is 0.0244. The number of benzene rings is 5. The third-order valence-corrected chi connectivity index (χ3v) is 8.92. The summed E-state index contributed by atoms with van der Waals surface area (Å²) in [6.45, 7) is 1.97. The number of rotatable bonds is 4. The molecule has 0 atom stereocenters. The molecule has 0 aliphatic carbocycles. The zero-order valence-electron chi connectivity index (χ0n) is 25.1. The van der Waals surface area contributed by atoms with Gasteiger partial charge in [0.25, 0.3) is 0 Å². The number of aromatic nitrogens is 4. The van der Waals surface area contributed by atoms with Gasteiger partial charge in [0, 0.05) is 50.2 Å². The molecule has 0 amide bonds. The second-order valence-corrected chi connectivity index (χ2v) is 11.7. The summed E-state index contributed by atoms with van der Waals surface area (Å²) < 4.78 is 4.62. The van der Waals surface area contributed by atoms with Gasteiger partial charge in [0.1, 0.15) is 11.4 Å². The average molecular weight is 593 g/mol. The van der Waals surface area contributed by atoms with Gasteiger partial charge in [0.2, 0.25) is 0 Å². The van der Waals surface area contributed by atoms with Gasteiger partial charge in [-0.15, -0.1) is 0 Å². The van der Waals surface area contributed by atoms with E-state index in [2.05, 4.69) is 106 Å². The lowest BCUT2D eigenvalue weighted by atomic mass is 10.1. The smallest absolute Gasteiger partial charge is 0.145 e. The molecule has 5 aromatic carbocycles. The van der Waals surface area contributed by atoms with E-state index in [9.17, 15) is 5.11 Å². The van der Waals surface area contributed by atoms with Crippen LogP contribution in [0.15, 0.2) is 146 Å². The van der Waals surface area contributed by atoms with E-state index in [0.29, 0.717) is 5.56 Å². The van der Waals surface area contributed by atoms with Crippen LogP contribution in [0.1, 0.15) is 5.56 Å². The Hall–Kier alpha value is -6.20. The van der Waals surface area contributed by atoms with Crippen LogP contribution in [0.4, 0.5) is 0 Å². The van der Waals surface area contributed by atoms with E-state index >= 15 is 0 Å². The number of pyridine rings is 2.